The van der Waals surface area contributed by atoms with E-state index >= 15 is 0 Å². The van der Waals surface area contributed by atoms with E-state index in [-0.39, 0.29) is 0 Å². The molecule has 0 spiro atoms. The van der Waals surface area contributed by atoms with Crippen LogP contribution < -0.4 is 4.31 Å². The maximum Gasteiger partial charge on any atom is 0.232 e. The second-order valence-electron chi connectivity index (χ2n) is 5.89. The Balaban J connectivity index is 2.09. The van der Waals surface area contributed by atoms with Crippen molar-refractivity contribution in [3.63, 3.8) is 0 Å². The Hall–Kier alpha value is -2.11. The lowest BCUT2D eigenvalue weighted by Gasteiger charge is -2.20. The molecule has 3 aromatic rings. The van der Waals surface area contributed by atoms with Gasteiger partial charge in [-0.3, -0.25) is 4.31 Å². The van der Waals surface area contributed by atoms with Crippen molar-refractivity contribution in [1.82, 2.24) is 4.98 Å². The average molecular weight is 375 g/mol. The van der Waals surface area contributed by atoms with Crippen LogP contribution >= 0.6 is 11.6 Å². The summed E-state index contributed by atoms with van der Waals surface area (Å²) in [6.45, 7) is 4.17. The van der Waals surface area contributed by atoms with Crippen molar-refractivity contribution >= 4 is 38.2 Å². The van der Waals surface area contributed by atoms with Crippen LogP contribution in [0.2, 0.25) is 5.02 Å². The van der Waals surface area contributed by atoms with E-state index < -0.39 is 10.0 Å². The summed E-state index contributed by atoms with van der Waals surface area (Å²) in [5.74, 6) is 0. The van der Waals surface area contributed by atoms with Crippen molar-refractivity contribution in [2.24, 2.45) is 0 Å². The van der Waals surface area contributed by atoms with Gasteiger partial charge in [0.05, 0.1) is 28.2 Å². The molecule has 0 bridgehead atoms. The summed E-state index contributed by atoms with van der Waals surface area (Å²) in [4.78, 5) is 4.69. The van der Waals surface area contributed by atoms with Crippen molar-refractivity contribution in [2.45, 2.75) is 13.8 Å². The first-order chi connectivity index (χ1) is 11.8. The molecule has 0 atom stereocenters. The molecule has 0 saturated carbocycles. The van der Waals surface area contributed by atoms with E-state index in [2.05, 4.69) is 4.98 Å². The molecule has 130 valence electrons. The van der Waals surface area contributed by atoms with E-state index in [0.29, 0.717) is 22.9 Å². The van der Waals surface area contributed by atoms with Gasteiger partial charge in [0.25, 0.3) is 0 Å². The van der Waals surface area contributed by atoms with Crippen LogP contribution in [0.1, 0.15) is 12.5 Å². The van der Waals surface area contributed by atoms with Gasteiger partial charge in [-0.05, 0) is 37.6 Å². The summed E-state index contributed by atoms with van der Waals surface area (Å²) in [7, 11) is -3.30. The number of hydrogen-bond acceptors (Lipinski definition) is 3. The highest BCUT2D eigenvalue weighted by molar-refractivity contribution is 7.92. The molecule has 0 aliphatic heterocycles. The van der Waals surface area contributed by atoms with Crippen LogP contribution in [0.3, 0.4) is 0 Å². The Kier molecular flexibility index (Phi) is 4.71. The van der Waals surface area contributed by atoms with Crippen LogP contribution in [0.4, 0.5) is 5.69 Å². The third-order valence-electron chi connectivity index (χ3n) is 4.19. The number of rotatable bonds is 4. The highest BCUT2D eigenvalue weighted by Crippen LogP contribution is 2.34. The minimum atomic E-state index is -3.30. The molecule has 0 unspecified atom stereocenters. The molecule has 2 aromatic carbocycles. The molecule has 0 amide bonds. The van der Waals surface area contributed by atoms with Gasteiger partial charge in [0, 0.05) is 17.5 Å². The Morgan fingerprint density at radius 1 is 1.08 bits per heavy atom. The minimum Gasteiger partial charge on any atom is -0.271 e. The van der Waals surface area contributed by atoms with E-state index in [0.717, 1.165) is 22.0 Å². The van der Waals surface area contributed by atoms with Crippen LogP contribution in [0.25, 0.3) is 22.2 Å². The summed E-state index contributed by atoms with van der Waals surface area (Å²) in [6, 6.07) is 15.1. The number of aryl methyl sites for hydroxylation is 1. The molecule has 1 heterocycles. The standard InChI is InChI=1S/C19H19ClN2O2S/c1-4-22(25(3,23)24)15-11-9-14(10-12-15)19-18(20)13(2)16-7-5-6-8-17(16)21-19/h5-12H,4H2,1-3H3. The second kappa shape index (κ2) is 6.65. The Morgan fingerprint density at radius 2 is 1.72 bits per heavy atom. The van der Waals surface area contributed by atoms with Gasteiger partial charge in [-0.1, -0.05) is 41.9 Å². The molecule has 4 nitrogen and oxygen atoms in total. The lowest BCUT2D eigenvalue weighted by Crippen LogP contribution is -2.29. The molecule has 0 fully saturated rings. The van der Waals surface area contributed by atoms with Crippen molar-refractivity contribution in [2.75, 3.05) is 17.1 Å². The first kappa shape index (κ1) is 17.7. The Labute approximate surface area is 153 Å². The number of aromatic nitrogens is 1. The molecule has 0 radical (unpaired) electrons. The first-order valence-electron chi connectivity index (χ1n) is 7.96. The molecular formula is C19H19ClN2O2S. The molecule has 1 aromatic heterocycles. The van der Waals surface area contributed by atoms with E-state index in [4.69, 9.17) is 11.6 Å². The quantitative estimate of drug-likeness (QED) is 0.667. The SMILES string of the molecule is CCN(c1ccc(-c2nc3ccccc3c(C)c2Cl)cc1)S(C)(=O)=O. The highest BCUT2D eigenvalue weighted by atomic mass is 35.5. The first-order valence-corrected chi connectivity index (χ1v) is 10.2. The number of fused-ring (bicyclic) bond motifs is 1. The summed E-state index contributed by atoms with van der Waals surface area (Å²) in [5, 5.41) is 1.64. The van der Waals surface area contributed by atoms with Crippen molar-refractivity contribution in [3.05, 3.63) is 59.1 Å². The Bertz CT molecular complexity index is 1030. The molecule has 0 N–H and O–H groups in total. The third-order valence-corrected chi connectivity index (χ3v) is 5.93. The van der Waals surface area contributed by atoms with Gasteiger partial charge in [0.2, 0.25) is 10.0 Å². The van der Waals surface area contributed by atoms with Gasteiger partial charge in [-0.2, -0.15) is 0 Å². The zero-order valence-electron chi connectivity index (χ0n) is 14.3. The van der Waals surface area contributed by atoms with Crippen LogP contribution in [0.15, 0.2) is 48.5 Å². The van der Waals surface area contributed by atoms with Crippen molar-refractivity contribution in [1.29, 1.82) is 0 Å². The second-order valence-corrected chi connectivity index (χ2v) is 8.18. The molecule has 3 rings (SSSR count). The fraction of sp³-hybridized carbons (Fsp3) is 0.211. The number of hydrogen-bond donors (Lipinski definition) is 0. The highest BCUT2D eigenvalue weighted by Gasteiger charge is 2.16. The third kappa shape index (κ3) is 3.34. The number of halogens is 1. The van der Waals surface area contributed by atoms with Crippen LogP contribution in [-0.2, 0) is 10.0 Å². The zero-order chi connectivity index (χ0) is 18.2. The van der Waals surface area contributed by atoms with Gasteiger partial charge >= 0.3 is 0 Å². The number of sulfonamides is 1. The zero-order valence-corrected chi connectivity index (χ0v) is 15.9. The molecule has 25 heavy (non-hydrogen) atoms. The summed E-state index contributed by atoms with van der Waals surface area (Å²) < 4.78 is 25.1. The fourth-order valence-electron chi connectivity index (χ4n) is 2.94. The number of nitrogens with zero attached hydrogens (tertiary/aromatic N) is 2. The Morgan fingerprint density at radius 3 is 2.32 bits per heavy atom. The van der Waals surface area contributed by atoms with Crippen LogP contribution in [0, 0.1) is 6.92 Å². The molecule has 0 aliphatic carbocycles. The monoisotopic (exact) mass is 374 g/mol. The molecular weight excluding hydrogens is 356 g/mol. The van der Waals surface area contributed by atoms with Gasteiger partial charge in [-0.25, -0.2) is 13.4 Å². The largest absolute Gasteiger partial charge is 0.271 e. The van der Waals surface area contributed by atoms with Gasteiger partial charge in [-0.15, -0.1) is 0 Å². The fourth-order valence-corrected chi connectivity index (χ4v) is 4.17. The number of pyridine rings is 1. The predicted molar refractivity (Wildman–Crippen MR) is 105 cm³/mol. The van der Waals surface area contributed by atoms with Crippen molar-refractivity contribution < 1.29 is 8.42 Å². The molecule has 6 heteroatoms. The maximum absolute atomic E-state index is 11.9. The predicted octanol–water partition coefficient (Wildman–Crippen LogP) is 4.65. The van der Waals surface area contributed by atoms with Crippen LogP contribution in [0.5, 0.6) is 0 Å². The summed E-state index contributed by atoms with van der Waals surface area (Å²) in [6.07, 6.45) is 1.20. The summed E-state index contributed by atoms with van der Waals surface area (Å²) in [5.41, 5.74) is 4.05. The number of para-hydroxylation sites is 1. The topological polar surface area (TPSA) is 50.3 Å². The van der Waals surface area contributed by atoms with Gasteiger partial charge < -0.3 is 0 Å². The lowest BCUT2D eigenvalue weighted by molar-refractivity contribution is 0.598. The van der Waals surface area contributed by atoms with E-state index in [9.17, 15) is 8.42 Å². The summed E-state index contributed by atoms with van der Waals surface area (Å²) >= 11 is 6.54. The average Bonchev–Trinajstić information content (AvgIpc) is 2.58. The van der Waals surface area contributed by atoms with Gasteiger partial charge in [0.15, 0.2) is 0 Å². The normalized spacial score (nSPS) is 11.7. The molecule has 0 saturated heterocycles. The van der Waals surface area contributed by atoms with E-state index in [1.54, 1.807) is 19.1 Å². The smallest absolute Gasteiger partial charge is 0.232 e. The van der Waals surface area contributed by atoms with Crippen LogP contribution in [-0.4, -0.2) is 26.2 Å². The number of anilines is 1. The van der Waals surface area contributed by atoms with E-state index in [1.807, 2.05) is 43.3 Å². The van der Waals surface area contributed by atoms with E-state index in [1.165, 1.54) is 10.6 Å². The molecule has 0 aliphatic rings. The van der Waals surface area contributed by atoms with Crippen molar-refractivity contribution in [3.8, 4) is 11.3 Å². The minimum absolute atomic E-state index is 0.381. The lowest BCUT2D eigenvalue weighted by atomic mass is 10.0. The number of benzene rings is 2. The maximum atomic E-state index is 11.9. The van der Waals surface area contributed by atoms with Gasteiger partial charge in [0.1, 0.15) is 0 Å².